The number of likely N-dealkylation sites (tertiary alicyclic amines) is 1. The van der Waals surface area contributed by atoms with Crippen LogP contribution in [0, 0.1) is 11.3 Å². The summed E-state index contributed by atoms with van der Waals surface area (Å²) < 4.78 is 5.38. The lowest BCUT2D eigenvalue weighted by molar-refractivity contribution is -0.152. The molecule has 21 heavy (non-hydrogen) atoms. The molecule has 1 saturated carbocycles. The predicted molar refractivity (Wildman–Crippen MR) is 79.1 cm³/mol. The largest absolute Gasteiger partial charge is 0.481 e. The Morgan fingerprint density at radius 3 is 2.33 bits per heavy atom. The maximum absolute atomic E-state index is 12.2. The van der Waals surface area contributed by atoms with Crippen LogP contribution in [0.2, 0.25) is 0 Å². The van der Waals surface area contributed by atoms with Gasteiger partial charge >= 0.3 is 12.1 Å². The van der Waals surface area contributed by atoms with Crippen LogP contribution in [0.15, 0.2) is 0 Å². The van der Waals surface area contributed by atoms with E-state index >= 15 is 0 Å². The summed E-state index contributed by atoms with van der Waals surface area (Å²) in [6.45, 7) is 6.26. The van der Waals surface area contributed by atoms with Gasteiger partial charge in [-0.2, -0.15) is 0 Å². The van der Waals surface area contributed by atoms with Crippen molar-refractivity contribution < 1.29 is 19.4 Å². The van der Waals surface area contributed by atoms with Gasteiger partial charge in [-0.3, -0.25) is 4.79 Å². The van der Waals surface area contributed by atoms with Crippen molar-refractivity contribution in [1.82, 2.24) is 4.90 Å². The van der Waals surface area contributed by atoms with Gasteiger partial charge in [0, 0.05) is 13.1 Å². The van der Waals surface area contributed by atoms with Crippen molar-refractivity contribution in [3.8, 4) is 0 Å². The van der Waals surface area contributed by atoms with Crippen molar-refractivity contribution in [3.63, 3.8) is 0 Å². The smallest absolute Gasteiger partial charge is 0.410 e. The summed E-state index contributed by atoms with van der Waals surface area (Å²) in [7, 11) is 0. The first-order valence-corrected chi connectivity index (χ1v) is 7.96. The molecule has 1 aliphatic heterocycles. The first kappa shape index (κ1) is 16.1. The Bertz CT molecular complexity index is 409. The van der Waals surface area contributed by atoms with E-state index < -0.39 is 17.0 Å². The van der Waals surface area contributed by atoms with Crippen molar-refractivity contribution >= 4 is 12.1 Å². The number of carboxylic acids is 1. The van der Waals surface area contributed by atoms with Gasteiger partial charge in [0.1, 0.15) is 5.60 Å². The van der Waals surface area contributed by atoms with E-state index in [1.165, 1.54) is 6.42 Å². The Morgan fingerprint density at radius 2 is 1.81 bits per heavy atom. The van der Waals surface area contributed by atoms with E-state index in [0.29, 0.717) is 19.5 Å². The van der Waals surface area contributed by atoms with Crippen LogP contribution in [0.1, 0.15) is 59.3 Å². The molecule has 5 heteroatoms. The lowest BCUT2D eigenvalue weighted by atomic mass is 9.68. The third kappa shape index (κ3) is 3.50. The maximum Gasteiger partial charge on any atom is 0.410 e. The molecular formula is C16H27NO4. The first-order chi connectivity index (χ1) is 9.74. The monoisotopic (exact) mass is 297 g/mol. The molecule has 1 saturated heterocycles. The highest BCUT2D eigenvalue weighted by atomic mass is 16.6. The molecule has 2 fully saturated rings. The summed E-state index contributed by atoms with van der Waals surface area (Å²) in [5.41, 5.74) is -1.31. The quantitative estimate of drug-likeness (QED) is 0.849. The highest BCUT2D eigenvalue weighted by Gasteiger charge is 2.52. The van der Waals surface area contributed by atoms with E-state index in [4.69, 9.17) is 4.74 Å². The van der Waals surface area contributed by atoms with Crippen molar-refractivity contribution in [1.29, 1.82) is 0 Å². The van der Waals surface area contributed by atoms with Crippen molar-refractivity contribution in [3.05, 3.63) is 0 Å². The Kier molecular flexibility index (Phi) is 4.49. The molecule has 0 aromatic heterocycles. The second-order valence-corrected chi connectivity index (χ2v) is 7.45. The van der Waals surface area contributed by atoms with Gasteiger partial charge in [-0.05, 0) is 46.0 Å². The van der Waals surface area contributed by atoms with Gasteiger partial charge in [-0.1, -0.05) is 19.3 Å². The summed E-state index contributed by atoms with van der Waals surface area (Å²) in [6.07, 6.45) is 5.50. The van der Waals surface area contributed by atoms with E-state index in [0.717, 1.165) is 25.7 Å². The summed E-state index contributed by atoms with van der Waals surface area (Å²) in [6, 6.07) is 0. The lowest BCUT2D eigenvalue weighted by Crippen LogP contribution is -2.44. The van der Waals surface area contributed by atoms with Crippen LogP contribution in [0.5, 0.6) is 0 Å². The van der Waals surface area contributed by atoms with Crippen LogP contribution in [0.3, 0.4) is 0 Å². The number of carboxylic acid groups (broad SMARTS) is 1. The zero-order chi connectivity index (χ0) is 15.7. The topological polar surface area (TPSA) is 66.8 Å². The van der Waals surface area contributed by atoms with E-state index in [1.807, 2.05) is 20.8 Å². The number of aliphatic carboxylic acids is 1. The van der Waals surface area contributed by atoms with E-state index in [-0.39, 0.29) is 12.0 Å². The van der Waals surface area contributed by atoms with Gasteiger partial charge in [0.05, 0.1) is 5.41 Å². The fourth-order valence-corrected chi connectivity index (χ4v) is 3.65. The number of hydrogen-bond acceptors (Lipinski definition) is 3. The van der Waals surface area contributed by atoms with Gasteiger partial charge in [-0.25, -0.2) is 4.79 Å². The zero-order valence-corrected chi connectivity index (χ0v) is 13.4. The number of carbonyl (C=O) groups is 2. The number of amides is 1. The molecule has 1 atom stereocenters. The van der Waals surface area contributed by atoms with Gasteiger partial charge in [0.2, 0.25) is 0 Å². The normalized spacial score (nSPS) is 27.7. The minimum absolute atomic E-state index is 0.191. The molecular weight excluding hydrogens is 270 g/mol. The molecule has 2 aliphatic rings. The Labute approximate surface area is 126 Å². The second kappa shape index (κ2) is 5.85. The molecule has 5 nitrogen and oxygen atoms in total. The van der Waals surface area contributed by atoms with Gasteiger partial charge in [-0.15, -0.1) is 0 Å². The Balaban J connectivity index is 2.08. The number of hydrogen-bond donors (Lipinski definition) is 1. The van der Waals surface area contributed by atoms with Gasteiger partial charge in [0.15, 0.2) is 0 Å². The van der Waals surface area contributed by atoms with Gasteiger partial charge < -0.3 is 14.7 Å². The number of carbonyl (C=O) groups excluding carboxylic acids is 1. The molecule has 0 radical (unpaired) electrons. The average Bonchev–Trinajstić information content (AvgIpc) is 2.84. The van der Waals surface area contributed by atoms with Gasteiger partial charge in [0.25, 0.3) is 0 Å². The predicted octanol–water partition coefficient (Wildman–Crippen LogP) is 3.28. The standard InChI is InChI=1S/C16H27NO4/c1-15(2,3)21-14(20)17-10-9-16(11-17,13(18)19)12-7-5-4-6-8-12/h12H,4-11H2,1-3H3,(H,18,19). The van der Waals surface area contributed by atoms with Crippen molar-refractivity contribution in [2.24, 2.45) is 11.3 Å². The molecule has 1 N–H and O–H groups in total. The van der Waals surface area contributed by atoms with Crippen molar-refractivity contribution in [2.45, 2.75) is 64.9 Å². The van der Waals surface area contributed by atoms with Crippen LogP contribution in [-0.4, -0.2) is 40.8 Å². The van der Waals surface area contributed by atoms with E-state index in [2.05, 4.69) is 0 Å². The van der Waals surface area contributed by atoms with Crippen LogP contribution in [0.4, 0.5) is 4.79 Å². The summed E-state index contributed by atoms with van der Waals surface area (Å²) in [5, 5.41) is 9.77. The average molecular weight is 297 g/mol. The Hall–Kier alpha value is -1.26. The Morgan fingerprint density at radius 1 is 1.19 bits per heavy atom. The zero-order valence-electron chi connectivity index (χ0n) is 13.4. The molecule has 1 unspecified atom stereocenters. The molecule has 1 aliphatic carbocycles. The summed E-state index contributed by atoms with van der Waals surface area (Å²) >= 11 is 0. The minimum Gasteiger partial charge on any atom is -0.481 e. The fourth-order valence-electron chi connectivity index (χ4n) is 3.65. The first-order valence-electron chi connectivity index (χ1n) is 7.96. The maximum atomic E-state index is 12.2. The number of ether oxygens (including phenoxy) is 1. The molecule has 1 amide bonds. The minimum atomic E-state index is -0.767. The fraction of sp³-hybridized carbons (Fsp3) is 0.875. The lowest BCUT2D eigenvalue weighted by Gasteiger charge is -2.36. The molecule has 0 spiro atoms. The third-order valence-electron chi connectivity index (χ3n) is 4.77. The van der Waals surface area contributed by atoms with Crippen LogP contribution in [-0.2, 0) is 9.53 Å². The summed E-state index contributed by atoms with van der Waals surface area (Å²) in [5.74, 6) is -0.559. The van der Waals surface area contributed by atoms with E-state index in [9.17, 15) is 14.7 Å². The van der Waals surface area contributed by atoms with Crippen LogP contribution < -0.4 is 0 Å². The van der Waals surface area contributed by atoms with Crippen LogP contribution in [0.25, 0.3) is 0 Å². The highest BCUT2D eigenvalue weighted by molar-refractivity contribution is 5.78. The highest BCUT2D eigenvalue weighted by Crippen LogP contribution is 2.45. The number of nitrogens with zero attached hydrogens (tertiary/aromatic N) is 1. The third-order valence-corrected chi connectivity index (χ3v) is 4.77. The second-order valence-electron chi connectivity index (χ2n) is 7.45. The molecule has 0 aromatic rings. The molecule has 0 bridgehead atoms. The number of rotatable bonds is 2. The molecule has 2 rings (SSSR count). The molecule has 120 valence electrons. The van der Waals surface area contributed by atoms with E-state index in [1.54, 1.807) is 4.90 Å². The SMILES string of the molecule is CC(C)(C)OC(=O)N1CCC(C(=O)O)(C2CCCCC2)C1. The summed E-state index contributed by atoms with van der Waals surface area (Å²) in [4.78, 5) is 25.6. The molecule has 0 aromatic carbocycles. The van der Waals surface area contributed by atoms with Crippen molar-refractivity contribution in [2.75, 3.05) is 13.1 Å². The van der Waals surface area contributed by atoms with Crippen LogP contribution >= 0.6 is 0 Å². The molecule has 1 heterocycles.